The topological polar surface area (TPSA) is 59.4 Å². The molecule has 0 saturated carbocycles. The van der Waals surface area contributed by atoms with Crippen molar-refractivity contribution in [2.75, 3.05) is 0 Å². The minimum absolute atomic E-state index is 0.136. The molecule has 116 valence electrons. The molecule has 1 N–H and O–H groups in total. The van der Waals surface area contributed by atoms with Gasteiger partial charge in [-0.1, -0.05) is 23.7 Å². The Morgan fingerprint density at radius 3 is 2.45 bits per heavy atom. The Balaban J connectivity index is 2.33. The van der Waals surface area contributed by atoms with Gasteiger partial charge < -0.3 is 9.84 Å². The van der Waals surface area contributed by atoms with Crippen LogP contribution in [0.4, 0.5) is 13.2 Å². The Morgan fingerprint density at radius 1 is 1.27 bits per heavy atom. The first-order valence-corrected chi connectivity index (χ1v) is 6.35. The van der Waals surface area contributed by atoms with Crippen LogP contribution in [0.3, 0.4) is 0 Å². The van der Waals surface area contributed by atoms with Crippen molar-refractivity contribution in [3.8, 4) is 16.9 Å². The standard InChI is InChI=1S/C14H9ClF3NO3/c15-12-5-9(6-13(20)21)11(7-19-12)8-1-3-10(4-2-8)22-14(16,17)18/h1-5,7H,6H2,(H,20,21). The molecule has 0 saturated heterocycles. The number of hydrogen-bond acceptors (Lipinski definition) is 3. The molecule has 1 heterocycles. The molecule has 1 aromatic carbocycles. The summed E-state index contributed by atoms with van der Waals surface area (Å²) in [4.78, 5) is 14.7. The van der Waals surface area contributed by atoms with Crippen molar-refractivity contribution in [1.29, 1.82) is 0 Å². The molecule has 0 atom stereocenters. The summed E-state index contributed by atoms with van der Waals surface area (Å²) in [5.74, 6) is -1.42. The lowest BCUT2D eigenvalue weighted by Crippen LogP contribution is -2.16. The molecule has 0 aliphatic carbocycles. The zero-order valence-corrected chi connectivity index (χ0v) is 11.6. The molecule has 0 aliphatic rings. The van der Waals surface area contributed by atoms with E-state index in [-0.39, 0.29) is 17.3 Å². The molecule has 0 aliphatic heterocycles. The predicted octanol–water partition coefficient (Wildman–Crippen LogP) is 3.93. The summed E-state index contributed by atoms with van der Waals surface area (Å²) >= 11 is 5.74. The molecule has 4 nitrogen and oxygen atoms in total. The highest BCUT2D eigenvalue weighted by atomic mass is 35.5. The van der Waals surface area contributed by atoms with Gasteiger partial charge in [0, 0.05) is 11.8 Å². The molecule has 22 heavy (non-hydrogen) atoms. The number of ether oxygens (including phenoxy) is 1. The fourth-order valence-electron chi connectivity index (χ4n) is 1.87. The lowest BCUT2D eigenvalue weighted by atomic mass is 10.00. The maximum atomic E-state index is 12.1. The number of hydrogen-bond donors (Lipinski definition) is 1. The molecule has 0 spiro atoms. The van der Waals surface area contributed by atoms with Gasteiger partial charge in [-0.2, -0.15) is 0 Å². The van der Waals surface area contributed by atoms with Gasteiger partial charge in [0.1, 0.15) is 10.9 Å². The molecule has 0 fully saturated rings. The average molecular weight is 332 g/mol. The highest BCUT2D eigenvalue weighted by Crippen LogP contribution is 2.29. The van der Waals surface area contributed by atoms with Gasteiger partial charge in [0.2, 0.25) is 0 Å². The number of rotatable bonds is 4. The highest BCUT2D eigenvalue weighted by Gasteiger charge is 2.31. The highest BCUT2D eigenvalue weighted by molar-refractivity contribution is 6.29. The molecule has 1 aromatic heterocycles. The van der Waals surface area contributed by atoms with Gasteiger partial charge in [-0.25, -0.2) is 4.98 Å². The van der Waals surface area contributed by atoms with Gasteiger partial charge in [0.25, 0.3) is 0 Å². The van der Waals surface area contributed by atoms with Crippen LogP contribution in [0.2, 0.25) is 5.15 Å². The molecule has 0 amide bonds. The van der Waals surface area contributed by atoms with Crippen LogP contribution in [0.25, 0.3) is 11.1 Å². The van der Waals surface area contributed by atoms with Crippen LogP contribution >= 0.6 is 11.6 Å². The minimum atomic E-state index is -4.77. The van der Waals surface area contributed by atoms with Crippen molar-refractivity contribution >= 4 is 17.6 Å². The lowest BCUT2D eigenvalue weighted by molar-refractivity contribution is -0.274. The number of nitrogens with zero attached hydrogens (tertiary/aromatic N) is 1. The number of carbonyl (C=O) groups is 1. The second-order valence-electron chi connectivity index (χ2n) is 4.31. The molecule has 2 aromatic rings. The summed E-state index contributed by atoms with van der Waals surface area (Å²) in [6, 6.07) is 6.46. The van der Waals surface area contributed by atoms with Gasteiger partial charge in [-0.15, -0.1) is 13.2 Å². The van der Waals surface area contributed by atoms with E-state index in [0.717, 1.165) is 12.1 Å². The van der Waals surface area contributed by atoms with E-state index in [2.05, 4.69) is 9.72 Å². The Labute approximate surface area is 128 Å². The largest absolute Gasteiger partial charge is 0.573 e. The van der Waals surface area contributed by atoms with E-state index in [0.29, 0.717) is 16.7 Å². The van der Waals surface area contributed by atoms with Crippen LogP contribution in [0.15, 0.2) is 36.5 Å². The summed E-state index contributed by atoms with van der Waals surface area (Å²) in [6.45, 7) is 0. The molecular formula is C14H9ClF3NO3. The van der Waals surface area contributed by atoms with E-state index in [1.54, 1.807) is 0 Å². The van der Waals surface area contributed by atoms with Gasteiger partial charge in [-0.05, 0) is 29.3 Å². The number of carboxylic acid groups (broad SMARTS) is 1. The smallest absolute Gasteiger partial charge is 0.481 e. The van der Waals surface area contributed by atoms with Crippen molar-refractivity contribution < 1.29 is 27.8 Å². The van der Waals surface area contributed by atoms with E-state index in [9.17, 15) is 18.0 Å². The van der Waals surface area contributed by atoms with E-state index < -0.39 is 12.3 Å². The van der Waals surface area contributed by atoms with Gasteiger partial charge in [0.05, 0.1) is 6.42 Å². The minimum Gasteiger partial charge on any atom is -0.481 e. The number of carboxylic acids is 1. The molecule has 2 rings (SSSR count). The first-order chi connectivity index (χ1) is 10.2. The number of halogens is 4. The zero-order chi connectivity index (χ0) is 16.3. The summed E-state index contributed by atoms with van der Waals surface area (Å²) in [5, 5.41) is 9.03. The van der Waals surface area contributed by atoms with Gasteiger partial charge in [0.15, 0.2) is 0 Å². The van der Waals surface area contributed by atoms with E-state index in [1.807, 2.05) is 0 Å². The maximum Gasteiger partial charge on any atom is 0.573 e. The number of alkyl halides is 3. The van der Waals surface area contributed by atoms with Crippen molar-refractivity contribution in [1.82, 2.24) is 4.98 Å². The SMILES string of the molecule is O=C(O)Cc1cc(Cl)ncc1-c1ccc(OC(F)(F)F)cc1. The Morgan fingerprint density at radius 2 is 1.91 bits per heavy atom. The fraction of sp³-hybridized carbons (Fsp3) is 0.143. The molecular weight excluding hydrogens is 323 g/mol. The second-order valence-corrected chi connectivity index (χ2v) is 4.69. The van der Waals surface area contributed by atoms with Crippen LogP contribution in [-0.4, -0.2) is 22.4 Å². The van der Waals surface area contributed by atoms with Crippen LogP contribution in [0, 0.1) is 0 Å². The lowest BCUT2D eigenvalue weighted by Gasteiger charge is -2.11. The van der Waals surface area contributed by atoms with Crippen molar-refractivity contribution in [2.45, 2.75) is 12.8 Å². The number of aromatic nitrogens is 1. The number of aliphatic carboxylic acids is 1. The summed E-state index contributed by atoms with van der Waals surface area (Å²) in [7, 11) is 0. The molecule has 0 radical (unpaired) electrons. The fourth-order valence-corrected chi connectivity index (χ4v) is 2.05. The van der Waals surface area contributed by atoms with E-state index in [4.69, 9.17) is 16.7 Å². The van der Waals surface area contributed by atoms with Crippen molar-refractivity contribution in [3.05, 3.63) is 47.2 Å². The van der Waals surface area contributed by atoms with Crippen molar-refractivity contribution in [3.63, 3.8) is 0 Å². The third-order valence-electron chi connectivity index (χ3n) is 2.70. The monoisotopic (exact) mass is 331 g/mol. The van der Waals surface area contributed by atoms with Crippen LogP contribution in [-0.2, 0) is 11.2 Å². The number of benzene rings is 1. The van der Waals surface area contributed by atoms with Crippen LogP contribution < -0.4 is 4.74 Å². The van der Waals surface area contributed by atoms with Crippen LogP contribution in [0.1, 0.15) is 5.56 Å². The Bertz CT molecular complexity index is 687. The van der Waals surface area contributed by atoms with E-state index >= 15 is 0 Å². The normalized spacial score (nSPS) is 11.3. The van der Waals surface area contributed by atoms with Gasteiger partial charge >= 0.3 is 12.3 Å². The molecule has 0 bridgehead atoms. The zero-order valence-electron chi connectivity index (χ0n) is 10.9. The third-order valence-corrected chi connectivity index (χ3v) is 2.90. The maximum absolute atomic E-state index is 12.1. The van der Waals surface area contributed by atoms with Crippen LogP contribution in [0.5, 0.6) is 5.75 Å². The summed E-state index contributed by atoms with van der Waals surface area (Å²) < 4.78 is 40.1. The Kier molecular flexibility index (Phi) is 4.56. The first-order valence-electron chi connectivity index (χ1n) is 5.97. The number of pyridine rings is 1. The Hall–Kier alpha value is -2.28. The average Bonchev–Trinajstić information content (AvgIpc) is 2.37. The predicted molar refractivity (Wildman–Crippen MR) is 72.7 cm³/mol. The summed E-state index contributed by atoms with van der Waals surface area (Å²) in [5.41, 5.74) is 1.40. The summed E-state index contributed by atoms with van der Waals surface area (Å²) in [6.07, 6.45) is -3.67. The quantitative estimate of drug-likeness (QED) is 0.862. The molecule has 8 heteroatoms. The first kappa shape index (κ1) is 16.1. The van der Waals surface area contributed by atoms with Gasteiger partial charge in [-0.3, -0.25) is 4.79 Å². The molecule has 0 unspecified atom stereocenters. The van der Waals surface area contributed by atoms with Crippen molar-refractivity contribution in [2.24, 2.45) is 0 Å². The second kappa shape index (κ2) is 6.23. The van der Waals surface area contributed by atoms with E-state index in [1.165, 1.54) is 24.4 Å². The third kappa shape index (κ3) is 4.36.